The number of fused-ring (bicyclic) bond motifs is 1. The Labute approximate surface area is 181 Å². The maximum Gasteiger partial charge on any atom is 0.416 e. The van der Waals surface area contributed by atoms with Crippen LogP contribution in [-0.4, -0.2) is 5.78 Å². The van der Waals surface area contributed by atoms with Crippen LogP contribution in [0.5, 0.6) is 0 Å². The van der Waals surface area contributed by atoms with Gasteiger partial charge >= 0.3 is 6.18 Å². The van der Waals surface area contributed by atoms with E-state index in [1.54, 1.807) is 17.4 Å². The minimum atomic E-state index is -4.45. The molecular weight excluding hydrogens is 421 g/mol. The van der Waals surface area contributed by atoms with Gasteiger partial charge in [-0.05, 0) is 47.7 Å². The number of para-hydroxylation sites is 2. The molecule has 0 amide bonds. The molecule has 3 nitrogen and oxygen atoms in total. The maximum atomic E-state index is 13.4. The fourth-order valence-electron chi connectivity index (χ4n) is 4.36. The molecule has 0 saturated heterocycles. The van der Waals surface area contributed by atoms with E-state index in [-0.39, 0.29) is 11.7 Å². The molecule has 2 unspecified atom stereocenters. The second kappa shape index (κ2) is 7.57. The van der Waals surface area contributed by atoms with Crippen molar-refractivity contribution in [3.05, 3.63) is 93.3 Å². The SMILES string of the molecule is O=C1CC(c2cccs2)CC2=C1C(c1cccc(C(F)(F)F)c1)Nc1ccccc1N2. The first-order valence-corrected chi connectivity index (χ1v) is 10.9. The summed E-state index contributed by atoms with van der Waals surface area (Å²) in [5, 5.41) is 8.73. The molecule has 7 heteroatoms. The monoisotopic (exact) mass is 440 g/mol. The molecule has 2 N–H and O–H groups in total. The van der Waals surface area contributed by atoms with Crippen LogP contribution in [0.15, 0.2) is 77.3 Å². The van der Waals surface area contributed by atoms with Crippen molar-refractivity contribution in [3.63, 3.8) is 0 Å². The average molecular weight is 440 g/mol. The molecule has 2 aliphatic rings. The van der Waals surface area contributed by atoms with Crippen molar-refractivity contribution < 1.29 is 18.0 Å². The van der Waals surface area contributed by atoms with Gasteiger partial charge in [-0.15, -0.1) is 11.3 Å². The maximum absolute atomic E-state index is 13.4. The molecule has 3 aromatic rings. The predicted molar refractivity (Wildman–Crippen MR) is 116 cm³/mol. The van der Waals surface area contributed by atoms with Crippen LogP contribution in [-0.2, 0) is 11.0 Å². The highest BCUT2D eigenvalue weighted by atomic mass is 32.1. The lowest BCUT2D eigenvalue weighted by molar-refractivity contribution is -0.137. The number of carbonyl (C=O) groups is 1. The van der Waals surface area contributed by atoms with E-state index in [0.29, 0.717) is 24.0 Å². The lowest BCUT2D eigenvalue weighted by Crippen LogP contribution is -2.26. The lowest BCUT2D eigenvalue weighted by atomic mass is 9.80. The van der Waals surface area contributed by atoms with Gasteiger partial charge in [-0.25, -0.2) is 0 Å². The van der Waals surface area contributed by atoms with Crippen molar-refractivity contribution in [1.82, 2.24) is 0 Å². The number of hydrogen-bond donors (Lipinski definition) is 2. The van der Waals surface area contributed by atoms with Crippen LogP contribution in [0.2, 0.25) is 0 Å². The third-order valence-corrected chi connectivity index (χ3v) is 6.84. The van der Waals surface area contributed by atoms with Gasteiger partial charge in [-0.1, -0.05) is 30.3 Å². The van der Waals surface area contributed by atoms with Crippen LogP contribution in [0.4, 0.5) is 24.5 Å². The molecule has 1 aromatic heterocycles. The second-order valence-corrected chi connectivity index (χ2v) is 8.79. The zero-order valence-corrected chi connectivity index (χ0v) is 17.2. The van der Waals surface area contributed by atoms with E-state index in [1.807, 2.05) is 41.8 Å². The summed E-state index contributed by atoms with van der Waals surface area (Å²) in [4.78, 5) is 14.5. The fourth-order valence-corrected chi connectivity index (χ4v) is 5.19. The Hall–Kier alpha value is -3.06. The standard InChI is InChI=1S/C24H19F3N2OS/c25-24(26,27)16-6-3-5-14(11-16)23-22-19(28-17-7-1-2-8-18(17)29-23)12-15(13-20(22)30)21-9-4-10-31-21/h1-11,15,23,28-29H,12-13H2. The minimum Gasteiger partial charge on any atom is -0.372 e. The summed E-state index contributed by atoms with van der Waals surface area (Å²) in [6, 6.07) is 16.1. The number of benzene rings is 2. The van der Waals surface area contributed by atoms with E-state index in [4.69, 9.17) is 0 Å². The fraction of sp³-hybridized carbons (Fsp3) is 0.208. The first-order valence-electron chi connectivity index (χ1n) is 9.99. The van der Waals surface area contributed by atoms with Gasteiger partial charge in [-0.2, -0.15) is 13.2 Å². The number of allylic oxidation sites excluding steroid dienone is 1. The van der Waals surface area contributed by atoms with Crippen molar-refractivity contribution >= 4 is 28.5 Å². The quantitative estimate of drug-likeness (QED) is 0.463. The molecular formula is C24H19F3N2OS. The highest BCUT2D eigenvalue weighted by Gasteiger charge is 2.37. The number of halogens is 3. The number of nitrogens with one attached hydrogen (secondary N) is 2. The van der Waals surface area contributed by atoms with Crippen LogP contribution in [0.1, 0.15) is 40.8 Å². The number of carbonyl (C=O) groups excluding carboxylic acids is 1. The summed E-state index contributed by atoms with van der Waals surface area (Å²) in [5.74, 6) is 0.0149. The van der Waals surface area contributed by atoms with E-state index < -0.39 is 17.8 Å². The molecule has 2 atom stereocenters. The molecule has 0 saturated carbocycles. The molecule has 5 rings (SSSR count). The minimum absolute atomic E-state index is 0.0464. The van der Waals surface area contributed by atoms with Crippen molar-refractivity contribution in [2.24, 2.45) is 0 Å². The third-order valence-electron chi connectivity index (χ3n) is 5.80. The summed E-state index contributed by atoms with van der Waals surface area (Å²) in [6.07, 6.45) is -3.48. The Morgan fingerprint density at radius 1 is 0.935 bits per heavy atom. The number of alkyl halides is 3. The topological polar surface area (TPSA) is 41.1 Å². The van der Waals surface area contributed by atoms with E-state index in [9.17, 15) is 18.0 Å². The van der Waals surface area contributed by atoms with Crippen LogP contribution < -0.4 is 10.6 Å². The molecule has 1 aliphatic heterocycles. The smallest absolute Gasteiger partial charge is 0.372 e. The van der Waals surface area contributed by atoms with E-state index >= 15 is 0 Å². The van der Waals surface area contributed by atoms with Crippen LogP contribution in [0.25, 0.3) is 0 Å². The van der Waals surface area contributed by atoms with Gasteiger partial charge in [0.05, 0.1) is 23.0 Å². The molecule has 0 bridgehead atoms. The molecule has 0 radical (unpaired) electrons. The first kappa shape index (κ1) is 19.9. The van der Waals surface area contributed by atoms with Gasteiger partial charge in [0.1, 0.15) is 0 Å². The predicted octanol–water partition coefficient (Wildman–Crippen LogP) is 6.75. The first-order chi connectivity index (χ1) is 14.9. The molecule has 31 heavy (non-hydrogen) atoms. The number of anilines is 2. The molecule has 2 heterocycles. The van der Waals surface area contributed by atoms with E-state index in [1.165, 1.54) is 6.07 Å². The Morgan fingerprint density at radius 3 is 2.48 bits per heavy atom. The van der Waals surface area contributed by atoms with E-state index in [2.05, 4.69) is 10.6 Å². The van der Waals surface area contributed by atoms with Gasteiger partial charge in [0.15, 0.2) is 5.78 Å². The second-order valence-electron chi connectivity index (χ2n) is 7.81. The number of ketones is 1. The normalized spacial score (nSPS) is 20.9. The van der Waals surface area contributed by atoms with Gasteiger partial charge < -0.3 is 10.6 Å². The number of rotatable bonds is 2. The van der Waals surface area contributed by atoms with Crippen LogP contribution in [0.3, 0.4) is 0 Å². The summed E-state index contributed by atoms with van der Waals surface area (Å²) in [5.41, 5.74) is 2.55. The van der Waals surface area contributed by atoms with Gasteiger partial charge in [0.25, 0.3) is 0 Å². The lowest BCUT2D eigenvalue weighted by Gasteiger charge is -2.29. The summed E-state index contributed by atoms with van der Waals surface area (Å²) in [6.45, 7) is 0. The van der Waals surface area contributed by atoms with Crippen molar-refractivity contribution in [2.45, 2.75) is 31.0 Å². The Bertz CT molecular complexity index is 1170. The largest absolute Gasteiger partial charge is 0.416 e. The van der Waals surface area contributed by atoms with Crippen LogP contribution in [0, 0.1) is 0 Å². The zero-order chi connectivity index (χ0) is 21.6. The summed E-state index contributed by atoms with van der Waals surface area (Å²) < 4.78 is 40.1. The summed E-state index contributed by atoms with van der Waals surface area (Å²) >= 11 is 1.62. The van der Waals surface area contributed by atoms with E-state index in [0.717, 1.165) is 34.1 Å². The zero-order valence-electron chi connectivity index (χ0n) is 16.4. The van der Waals surface area contributed by atoms with Crippen molar-refractivity contribution in [3.8, 4) is 0 Å². The third kappa shape index (κ3) is 3.74. The number of Topliss-reactive ketones (excluding diaryl/α,β-unsaturated/α-hetero) is 1. The molecule has 1 aliphatic carbocycles. The molecule has 158 valence electrons. The Balaban J connectivity index is 1.63. The highest BCUT2D eigenvalue weighted by Crippen LogP contribution is 2.45. The number of thiophene rings is 1. The van der Waals surface area contributed by atoms with Crippen molar-refractivity contribution in [1.29, 1.82) is 0 Å². The van der Waals surface area contributed by atoms with Gasteiger partial charge in [0.2, 0.25) is 0 Å². The van der Waals surface area contributed by atoms with Gasteiger partial charge in [-0.3, -0.25) is 4.79 Å². The molecule has 0 fully saturated rings. The van der Waals surface area contributed by atoms with Crippen LogP contribution >= 0.6 is 11.3 Å². The highest BCUT2D eigenvalue weighted by molar-refractivity contribution is 7.10. The molecule has 0 spiro atoms. The Kier molecular flexibility index (Phi) is 4.85. The molecule has 2 aromatic carbocycles. The van der Waals surface area contributed by atoms with Crippen molar-refractivity contribution in [2.75, 3.05) is 10.6 Å². The van der Waals surface area contributed by atoms with Gasteiger partial charge in [0, 0.05) is 28.5 Å². The summed E-state index contributed by atoms with van der Waals surface area (Å²) in [7, 11) is 0. The average Bonchev–Trinajstić information content (AvgIpc) is 3.22. The Morgan fingerprint density at radius 2 is 1.74 bits per heavy atom. The number of hydrogen-bond acceptors (Lipinski definition) is 4.